The second-order valence-corrected chi connectivity index (χ2v) is 9.45. The summed E-state index contributed by atoms with van der Waals surface area (Å²) in [6, 6.07) is 10.5. The summed E-state index contributed by atoms with van der Waals surface area (Å²) < 4.78 is 2.33. The molecular formula is C25H32N2O. The highest BCUT2D eigenvalue weighted by molar-refractivity contribution is 5.72. The Bertz CT molecular complexity index is 862. The van der Waals surface area contributed by atoms with Crippen molar-refractivity contribution in [2.45, 2.75) is 70.9 Å². The third-order valence-corrected chi connectivity index (χ3v) is 7.79. The number of benzene rings is 1. The molecular weight excluding hydrogens is 344 g/mol. The Morgan fingerprint density at radius 3 is 2.64 bits per heavy atom. The molecule has 28 heavy (non-hydrogen) atoms. The van der Waals surface area contributed by atoms with Crippen LogP contribution in [0.25, 0.3) is 17.3 Å². The van der Waals surface area contributed by atoms with E-state index in [-0.39, 0.29) is 11.5 Å². The molecule has 2 aliphatic carbocycles. The summed E-state index contributed by atoms with van der Waals surface area (Å²) in [5.41, 5.74) is 5.10. The predicted molar refractivity (Wildman–Crippen MR) is 114 cm³/mol. The average Bonchev–Trinajstić information content (AvgIpc) is 3.14. The normalized spacial score (nSPS) is 28.9. The molecule has 0 spiro atoms. The van der Waals surface area contributed by atoms with Crippen molar-refractivity contribution < 1.29 is 5.11 Å². The van der Waals surface area contributed by atoms with Crippen LogP contribution in [0.3, 0.4) is 0 Å². The van der Waals surface area contributed by atoms with Crippen LogP contribution in [0, 0.1) is 17.3 Å². The van der Waals surface area contributed by atoms with Crippen LogP contribution in [-0.2, 0) is 6.54 Å². The zero-order valence-corrected chi connectivity index (χ0v) is 17.0. The van der Waals surface area contributed by atoms with E-state index in [0.717, 1.165) is 25.1 Å². The minimum atomic E-state index is -0.160. The van der Waals surface area contributed by atoms with E-state index in [1.54, 1.807) is 0 Å². The van der Waals surface area contributed by atoms with Crippen LogP contribution in [0.2, 0.25) is 0 Å². The Kier molecular flexibility index (Phi) is 4.66. The molecule has 0 unspecified atom stereocenters. The fourth-order valence-electron chi connectivity index (χ4n) is 6.17. The Hall–Kier alpha value is -1.87. The first-order valence-corrected chi connectivity index (χ1v) is 11.2. The molecule has 3 atom stereocenters. The fourth-order valence-corrected chi connectivity index (χ4v) is 6.17. The highest BCUT2D eigenvalue weighted by Gasteiger charge is 2.47. The van der Waals surface area contributed by atoms with Crippen LogP contribution in [0.1, 0.15) is 64.0 Å². The number of fused-ring (bicyclic) bond motifs is 2. The maximum atomic E-state index is 11.4. The van der Waals surface area contributed by atoms with Crippen molar-refractivity contribution in [1.29, 1.82) is 0 Å². The third-order valence-electron chi connectivity index (χ3n) is 7.79. The van der Waals surface area contributed by atoms with Crippen LogP contribution >= 0.6 is 0 Å². The van der Waals surface area contributed by atoms with Crippen LogP contribution in [0.4, 0.5) is 0 Å². The molecule has 1 aromatic heterocycles. The van der Waals surface area contributed by atoms with Crippen LogP contribution in [0.15, 0.2) is 42.2 Å². The van der Waals surface area contributed by atoms with Gasteiger partial charge in [-0.05, 0) is 50.0 Å². The second kappa shape index (κ2) is 7.18. The number of hydrogen-bond acceptors (Lipinski definition) is 2. The zero-order chi connectivity index (χ0) is 19.1. The summed E-state index contributed by atoms with van der Waals surface area (Å²) in [5, 5.41) is 11.4. The minimum Gasteiger partial charge on any atom is -0.393 e. The molecule has 3 heteroatoms. The van der Waals surface area contributed by atoms with Gasteiger partial charge in [0.25, 0.3) is 0 Å². The summed E-state index contributed by atoms with van der Waals surface area (Å²) in [6.45, 7) is 3.35. The smallest absolute Gasteiger partial charge is 0.0958 e. The minimum absolute atomic E-state index is 0.0524. The van der Waals surface area contributed by atoms with Gasteiger partial charge >= 0.3 is 0 Å². The number of rotatable bonds is 3. The van der Waals surface area contributed by atoms with E-state index in [2.05, 4.69) is 47.9 Å². The molecule has 1 N–H and O–H groups in total. The fraction of sp³-hybridized carbons (Fsp3) is 0.560. The lowest BCUT2D eigenvalue weighted by atomic mass is 9.59. The number of aromatic nitrogens is 2. The number of aliphatic hydroxyl groups excluding tert-OH is 1. The number of imidazole rings is 1. The van der Waals surface area contributed by atoms with E-state index in [1.807, 2.05) is 6.33 Å². The summed E-state index contributed by atoms with van der Waals surface area (Å²) in [5.74, 6) is 0.866. The van der Waals surface area contributed by atoms with E-state index in [0.29, 0.717) is 11.8 Å². The van der Waals surface area contributed by atoms with Crippen LogP contribution < -0.4 is 0 Å². The second-order valence-electron chi connectivity index (χ2n) is 9.45. The summed E-state index contributed by atoms with van der Waals surface area (Å²) >= 11 is 0. The van der Waals surface area contributed by atoms with Gasteiger partial charge in [0.15, 0.2) is 0 Å². The van der Waals surface area contributed by atoms with E-state index in [9.17, 15) is 5.11 Å². The highest BCUT2D eigenvalue weighted by atomic mass is 16.3. The van der Waals surface area contributed by atoms with Gasteiger partial charge < -0.3 is 9.67 Å². The van der Waals surface area contributed by atoms with Gasteiger partial charge in [-0.2, -0.15) is 0 Å². The quantitative estimate of drug-likeness (QED) is 0.747. The molecule has 0 bridgehead atoms. The van der Waals surface area contributed by atoms with Gasteiger partial charge in [-0.3, -0.25) is 0 Å². The molecule has 3 aliphatic rings. The van der Waals surface area contributed by atoms with Gasteiger partial charge in [0, 0.05) is 17.5 Å². The van der Waals surface area contributed by atoms with Crippen LogP contribution in [-0.4, -0.2) is 20.8 Å². The van der Waals surface area contributed by atoms with Crippen molar-refractivity contribution in [3.63, 3.8) is 0 Å². The molecule has 0 amide bonds. The Balaban J connectivity index is 1.48. The topological polar surface area (TPSA) is 38.0 Å². The first-order valence-electron chi connectivity index (χ1n) is 11.2. The lowest BCUT2D eigenvalue weighted by Crippen LogP contribution is -2.47. The molecule has 3 nitrogen and oxygen atoms in total. The van der Waals surface area contributed by atoms with Crippen molar-refractivity contribution in [2.24, 2.45) is 17.3 Å². The van der Waals surface area contributed by atoms with Crippen molar-refractivity contribution >= 4 is 6.08 Å². The van der Waals surface area contributed by atoms with Crippen molar-refractivity contribution in [2.75, 3.05) is 0 Å². The third kappa shape index (κ3) is 2.95. The molecule has 1 aliphatic heterocycles. The van der Waals surface area contributed by atoms with Crippen molar-refractivity contribution in [1.82, 2.24) is 9.55 Å². The van der Waals surface area contributed by atoms with E-state index >= 15 is 0 Å². The molecule has 148 valence electrons. The Morgan fingerprint density at radius 1 is 1.07 bits per heavy atom. The number of nitrogens with zero attached hydrogens (tertiary/aromatic N) is 2. The predicted octanol–water partition coefficient (Wildman–Crippen LogP) is 5.69. The van der Waals surface area contributed by atoms with Crippen molar-refractivity contribution in [3.05, 3.63) is 47.9 Å². The standard InChI is InChI=1S/C25H32N2O/c1-25-16-27-17-26-23(18-9-4-2-5-10-18)22(27)15-20(25)13-8-14-21(25)24(28)19-11-6-3-7-12-19/h2,4-5,9-10,15,17,19,21,24,28H,3,6-8,11-14,16H2,1H3/t21-,24+,25+/m1/s1. The Morgan fingerprint density at radius 2 is 1.86 bits per heavy atom. The largest absolute Gasteiger partial charge is 0.393 e. The number of hydrogen-bond donors (Lipinski definition) is 1. The van der Waals surface area contributed by atoms with Gasteiger partial charge in [0.05, 0.1) is 23.8 Å². The van der Waals surface area contributed by atoms with Gasteiger partial charge in [-0.1, -0.05) is 62.1 Å². The molecule has 2 aromatic rings. The van der Waals surface area contributed by atoms with Gasteiger partial charge in [-0.15, -0.1) is 0 Å². The Labute approximate surface area is 168 Å². The number of allylic oxidation sites excluding steroid dienone is 1. The lowest BCUT2D eigenvalue weighted by Gasteiger charge is -2.49. The maximum absolute atomic E-state index is 11.4. The lowest BCUT2D eigenvalue weighted by molar-refractivity contribution is -0.0313. The van der Waals surface area contributed by atoms with E-state index < -0.39 is 0 Å². The number of aliphatic hydroxyl groups is 1. The maximum Gasteiger partial charge on any atom is 0.0958 e. The molecule has 2 heterocycles. The summed E-state index contributed by atoms with van der Waals surface area (Å²) in [7, 11) is 0. The van der Waals surface area contributed by atoms with Gasteiger partial charge in [0.1, 0.15) is 0 Å². The molecule has 1 aromatic carbocycles. The van der Waals surface area contributed by atoms with Gasteiger partial charge in [0.2, 0.25) is 0 Å². The SMILES string of the molecule is C[C@]12Cn3cnc(-c4ccccc4)c3C=C1CCC[C@@H]2[C@@H](O)C1CCCCC1. The van der Waals surface area contributed by atoms with Crippen molar-refractivity contribution in [3.8, 4) is 11.3 Å². The molecule has 0 saturated heterocycles. The molecule has 2 fully saturated rings. The van der Waals surface area contributed by atoms with E-state index in [1.165, 1.54) is 55.4 Å². The first kappa shape index (κ1) is 18.2. The first-order chi connectivity index (χ1) is 13.7. The van der Waals surface area contributed by atoms with E-state index in [4.69, 9.17) is 4.98 Å². The zero-order valence-electron chi connectivity index (χ0n) is 17.0. The highest BCUT2D eigenvalue weighted by Crippen LogP contribution is 2.53. The molecule has 0 radical (unpaired) electrons. The van der Waals surface area contributed by atoms with Crippen LogP contribution in [0.5, 0.6) is 0 Å². The molecule has 5 rings (SSSR count). The summed E-state index contributed by atoms with van der Waals surface area (Å²) in [4.78, 5) is 4.77. The van der Waals surface area contributed by atoms with Gasteiger partial charge in [-0.25, -0.2) is 4.98 Å². The molecule has 2 saturated carbocycles. The monoisotopic (exact) mass is 376 g/mol. The average molecular weight is 377 g/mol. The summed E-state index contributed by atoms with van der Waals surface area (Å²) in [6.07, 6.45) is 14.1.